The normalized spacial score (nSPS) is 12.7. The Hall–Kier alpha value is -1.92. The average Bonchev–Trinajstić information content (AvgIpc) is 3.42. The van der Waals surface area contributed by atoms with Crippen LogP contribution in [0.5, 0.6) is 0 Å². The van der Waals surface area contributed by atoms with E-state index in [1.165, 1.54) is 289 Å². The number of unbranched alkanes of at least 4 members (excludes halogenated alkanes) is 47. The van der Waals surface area contributed by atoms with Crippen LogP contribution in [0.1, 0.15) is 373 Å². The second-order valence-corrected chi connectivity index (χ2v) is 23.5. The second-order valence-electron chi connectivity index (χ2n) is 23.5. The highest BCUT2D eigenvalue weighted by Crippen LogP contribution is 2.18. The van der Waals surface area contributed by atoms with E-state index in [0.717, 1.165) is 51.4 Å². The summed E-state index contributed by atoms with van der Waals surface area (Å²) in [5, 5.41) is 23.4. The highest BCUT2D eigenvalue weighted by atomic mass is 16.5. The van der Waals surface area contributed by atoms with Gasteiger partial charge in [0.25, 0.3) is 0 Å². The minimum absolute atomic E-state index is 0.00489. The summed E-state index contributed by atoms with van der Waals surface area (Å²) < 4.78 is 5.47. The van der Waals surface area contributed by atoms with Gasteiger partial charge in [0, 0.05) is 12.8 Å². The summed E-state index contributed by atoms with van der Waals surface area (Å²) in [6.07, 6.45) is 83.2. The Morgan fingerprint density at radius 3 is 1.07 bits per heavy atom. The molecule has 2 unspecified atom stereocenters. The molecule has 3 N–H and O–H groups in total. The van der Waals surface area contributed by atoms with E-state index in [1.807, 2.05) is 0 Å². The zero-order chi connectivity index (χ0) is 55.0. The van der Waals surface area contributed by atoms with Crippen LogP contribution in [0.25, 0.3) is 0 Å². The molecule has 6 heteroatoms. The van der Waals surface area contributed by atoms with Gasteiger partial charge < -0.3 is 20.3 Å². The molecule has 0 saturated carbocycles. The van der Waals surface area contributed by atoms with Gasteiger partial charge in [0.05, 0.1) is 25.4 Å². The first-order valence-corrected chi connectivity index (χ1v) is 34.2. The molecule has 1 amide bonds. The summed E-state index contributed by atoms with van der Waals surface area (Å²) in [4.78, 5) is 24.6. The maximum atomic E-state index is 12.5. The van der Waals surface area contributed by atoms with E-state index in [0.29, 0.717) is 25.9 Å². The van der Waals surface area contributed by atoms with Crippen LogP contribution in [0, 0.1) is 0 Å². The first-order chi connectivity index (χ1) is 37.5. The van der Waals surface area contributed by atoms with Crippen molar-refractivity contribution < 1.29 is 24.5 Å². The molecule has 0 spiro atoms. The summed E-state index contributed by atoms with van der Waals surface area (Å²) in [5.74, 6) is -0.0432. The van der Waals surface area contributed by atoms with Gasteiger partial charge in [-0.05, 0) is 77.0 Å². The van der Waals surface area contributed by atoms with E-state index in [9.17, 15) is 19.8 Å². The highest BCUT2D eigenvalue weighted by Gasteiger charge is 2.20. The van der Waals surface area contributed by atoms with Crippen molar-refractivity contribution >= 4 is 11.9 Å². The predicted molar refractivity (Wildman–Crippen MR) is 333 cm³/mol. The number of rotatable bonds is 64. The number of allylic oxidation sites excluding steroid dienone is 6. The molecule has 2 atom stereocenters. The lowest BCUT2D eigenvalue weighted by Crippen LogP contribution is -2.45. The Morgan fingerprint density at radius 1 is 0.368 bits per heavy atom. The molecule has 0 aromatic heterocycles. The molecule has 0 aromatic carbocycles. The third-order valence-corrected chi connectivity index (χ3v) is 15.9. The molecule has 0 aromatic rings. The predicted octanol–water partition coefficient (Wildman–Crippen LogP) is 21.9. The van der Waals surface area contributed by atoms with Crippen molar-refractivity contribution in [2.75, 3.05) is 13.2 Å². The van der Waals surface area contributed by atoms with Crippen LogP contribution in [0.3, 0.4) is 0 Å². The van der Waals surface area contributed by atoms with Crippen LogP contribution in [0.2, 0.25) is 0 Å². The number of aliphatic hydroxyl groups excluding tert-OH is 2. The molecular formula is C70H133NO5. The van der Waals surface area contributed by atoms with Gasteiger partial charge in [-0.3, -0.25) is 9.59 Å². The van der Waals surface area contributed by atoms with Crippen molar-refractivity contribution in [3.8, 4) is 0 Å². The van der Waals surface area contributed by atoms with Crippen molar-refractivity contribution in [3.05, 3.63) is 36.5 Å². The van der Waals surface area contributed by atoms with E-state index in [-0.39, 0.29) is 18.5 Å². The molecule has 76 heavy (non-hydrogen) atoms. The number of aliphatic hydroxyl groups is 2. The number of amides is 1. The van der Waals surface area contributed by atoms with Crippen LogP contribution >= 0.6 is 0 Å². The maximum absolute atomic E-state index is 12.5. The van der Waals surface area contributed by atoms with Crippen molar-refractivity contribution in [2.24, 2.45) is 0 Å². The number of ether oxygens (including phenoxy) is 1. The maximum Gasteiger partial charge on any atom is 0.305 e. The van der Waals surface area contributed by atoms with Crippen LogP contribution in [0.4, 0.5) is 0 Å². The minimum atomic E-state index is -0.671. The summed E-state index contributed by atoms with van der Waals surface area (Å²) in [7, 11) is 0. The third kappa shape index (κ3) is 61.3. The average molecular weight is 1070 g/mol. The number of hydrogen-bond donors (Lipinski definition) is 3. The van der Waals surface area contributed by atoms with Crippen LogP contribution in [-0.2, 0) is 14.3 Å². The molecule has 0 aliphatic heterocycles. The Balaban J connectivity index is 3.42. The number of esters is 1. The largest absolute Gasteiger partial charge is 0.466 e. The van der Waals surface area contributed by atoms with E-state index < -0.39 is 12.1 Å². The Labute approximate surface area is 474 Å². The lowest BCUT2D eigenvalue weighted by Gasteiger charge is -2.22. The number of carbonyl (C=O) groups is 2. The van der Waals surface area contributed by atoms with Gasteiger partial charge >= 0.3 is 5.97 Å². The smallest absolute Gasteiger partial charge is 0.305 e. The fourth-order valence-corrected chi connectivity index (χ4v) is 10.7. The minimum Gasteiger partial charge on any atom is -0.466 e. The lowest BCUT2D eigenvalue weighted by atomic mass is 10.0. The third-order valence-electron chi connectivity index (χ3n) is 15.9. The van der Waals surface area contributed by atoms with E-state index in [2.05, 4.69) is 55.6 Å². The van der Waals surface area contributed by atoms with E-state index in [4.69, 9.17) is 4.74 Å². The zero-order valence-corrected chi connectivity index (χ0v) is 51.3. The van der Waals surface area contributed by atoms with Gasteiger partial charge in [0.1, 0.15) is 0 Å². The van der Waals surface area contributed by atoms with Crippen LogP contribution in [-0.4, -0.2) is 47.4 Å². The molecular weight excluding hydrogens is 935 g/mol. The standard InChI is InChI=1S/C70H133NO5/c1-3-5-7-9-11-13-15-17-18-19-20-21-22-23-26-29-32-35-39-42-46-50-54-58-62-68(73)67(66-72)71-69(74)63-59-55-51-47-43-40-36-33-30-27-24-25-28-31-34-37-41-45-49-53-57-61-65-76-70(75)64-60-56-52-48-44-38-16-14-12-10-8-6-4-2/h8,10,14,16,27,30,67-68,72-73H,3-7,9,11-13,15,17-26,28-29,31-66H2,1-2H3,(H,71,74)/b10-8-,16-14-,30-27-. The number of carbonyl (C=O) groups excluding carboxylic acids is 2. The molecule has 0 rings (SSSR count). The van der Waals surface area contributed by atoms with Gasteiger partial charge in [-0.25, -0.2) is 0 Å². The molecule has 448 valence electrons. The zero-order valence-electron chi connectivity index (χ0n) is 51.3. The van der Waals surface area contributed by atoms with Gasteiger partial charge in [0.2, 0.25) is 5.91 Å². The van der Waals surface area contributed by atoms with Gasteiger partial charge in [-0.2, -0.15) is 0 Å². The molecule has 0 bridgehead atoms. The number of hydrogen-bond acceptors (Lipinski definition) is 5. The quantitative estimate of drug-likeness (QED) is 0.0320. The number of nitrogens with one attached hydrogen (secondary N) is 1. The SMILES string of the molecule is CCC/C=C\C/C=C\CCCCCCCC(=O)OCCCCCCCCCCCCC/C=C\CCCCCCCCCC(=O)NC(CO)C(O)CCCCCCCCCCCCCCCCCCCCCCCCCC. The molecule has 0 aliphatic rings. The second kappa shape index (κ2) is 65.6. The first kappa shape index (κ1) is 74.1. The monoisotopic (exact) mass is 1070 g/mol. The van der Waals surface area contributed by atoms with Crippen LogP contribution < -0.4 is 5.32 Å². The highest BCUT2D eigenvalue weighted by molar-refractivity contribution is 5.76. The van der Waals surface area contributed by atoms with E-state index in [1.54, 1.807) is 0 Å². The molecule has 0 saturated heterocycles. The molecule has 0 fully saturated rings. The summed E-state index contributed by atoms with van der Waals surface area (Å²) >= 11 is 0. The lowest BCUT2D eigenvalue weighted by molar-refractivity contribution is -0.143. The molecule has 6 nitrogen and oxygen atoms in total. The molecule has 0 aliphatic carbocycles. The van der Waals surface area contributed by atoms with Crippen molar-refractivity contribution in [2.45, 2.75) is 386 Å². The molecule has 0 radical (unpaired) electrons. The van der Waals surface area contributed by atoms with Gasteiger partial charge in [-0.15, -0.1) is 0 Å². The van der Waals surface area contributed by atoms with Crippen LogP contribution in [0.15, 0.2) is 36.5 Å². The Bertz CT molecular complexity index is 1230. The Morgan fingerprint density at radius 2 is 0.684 bits per heavy atom. The van der Waals surface area contributed by atoms with Gasteiger partial charge in [0.15, 0.2) is 0 Å². The van der Waals surface area contributed by atoms with Gasteiger partial charge in [-0.1, -0.05) is 320 Å². The fourth-order valence-electron chi connectivity index (χ4n) is 10.7. The van der Waals surface area contributed by atoms with E-state index >= 15 is 0 Å². The summed E-state index contributed by atoms with van der Waals surface area (Å²) in [6.45, 7) is 4.91. The van der Waals surface area contributed by atoms with Crippen molar-refractivity contribution in [3.63, 3.8) is 0 Å². The van der Waals surface area contributed by atoms with Crippen molar-refractivity contribution in [1.29, 1.82) is 0 Å². The summed E-state index contributed by atoms with van der Waals surface area (Å²) in [6, 6.07) is -0.549. The Kier molecular flexibility index (Phi) is 63.9. The molecule has 0 heterocycles. The summed E-state index contributed by atoms with van der Waals surface area (Å²) in [5.41, 5.74) is 0. The first-order valence-electron chi connectivity index (χ1n) is 34.2. The topological polar surface area (TPSA) is 95.9 Å². The fraction of sp³-hybridized carbons (Fsp3) is 0.886. The van der Waals surface area contributed by atoms with Crippen molar-refractivity contribution in [1.82, 2.24) is 5.32 Å².